The van der Waals surface area contributed by atoms with Gasteiger partial charge in [-0.05, 0) is 42.5 Å². The molecule has 0 aliphatic heterocycles. The summed E-state index contributed by atoms with van der Waals surface area (Å²) in [6.45, 7) is 0.580. The molecule has 0 saturated carbocycles. The van der Waals surface area contributed by atoms with Crippen LogP contribution in [0.1, 0.15) is 5.56 Å². The number of rotatable bonds is 5. The van der Waals surface area contributed by atoms with Gasteiger partial charge in [0, 0.05) is 34.3 Å². The lowest BCUT2D eigenvalue weighted by atomic mass is 10.2. The molecule has 0 N–H and O–H groups in total. The Morgan fingerprint density at radius 2 is 1.79 bits per heavy atom. The second kappa shape index (κ2) is 7.62. The molecule has 2 aromatic heterocycles. The average molecular weight is 393 g/mol. The lowest BCUT2D eigenvalue weighted by Crippen LogP contribution is -2.33. The van der Waals surface area contributed by atoms with E-state index in [0.717, 1.165) is 16.7 Å². The molecule has 6 nitrogen and oxygen atoms in total. The summed E-state index contributed by atoms with van der Waals surface area (Å²) in [7, 11) is 0. The highest BCUT2D eigenvalue weighted by atomic mass is 35.5. The van der Waals surface area contributed by atoms with Gasteiger partial charge in [0.25, 0.3) is 5.69 Å². The van der Waals surface area contributed by atoms with E-state index in [1.54, 1.807) is 30.5 Å². The van der Waals surface area contributed by atoms with Gasteiger partial charge in [-0.1, -0.05) is 11.6 Å². The molecule has 0 bridgehead atoms. The molecule has 28 heavy (non-hydrogen) atoms. The number of aromatic nitrogens is 2. The molecule has 2 aromatic carbocycles. The number of oxazole rings is 1. The molecule has 0 aliphatic carbocycles. The van der Waals surface area contributed by atoms with Crippen molar-refractivity contribution in [3.63, 3.8) is 0 Å². The number of hydrogen-bond acceptors (Lipinski definition) is 4. The molecule has 0 saturated heterocycles. The Hall–Kier alpha value is -3.51. The maximum atomic E-state index is 10.8. The maximum absolute atomic E-state index is 10.8. The minimum atomic E-state index is -0.404. The fourth-order valence-corrected chi connectivity index (χ4v) is 2.96. The van der Waals surface area contributed by atoms with Crippen molar-refractivity contribution in [1.29, 1.82) is 0 Å². The zero-order chi connectivity index (χ0) is 19.5. The van der Waals surface area contributed by atoms with Gasteiger partial charge in [0.1, 0.15) is 5.56 Å². The Labute approximate surface area is 165 Å². The summed E-state index contributed by atoms with van der Waals surface area (Å²) in [4.78, 5) is 14.7. The van der Waals surface area contributed by atoms with Crippen LogP contribution >= 0.6 is 11.6 Å². The van der Waals surface area contributed by atoms with Crippen LogP contribution in [0.3, 0.4) is 0 Å². The SMILES string of the molecule is O=[N+]([O-])c1ccc(C[n+]2cccc(-c3ncc(-c4ccc(Cl)cc4)o3)c2)cc1. The van der Waals surface area contributed by atoms with Gasteiger partial charge in [0.2, 0.25) is 5.89 Å². The van der Waals surface area contributed by atoms with Crippen molar-refractivity contribution in [2.24, 2.45) is 0 Å². The first kappa shape index (κ1) is 17.9. The van der Waals surface area contributed by atoms with E-state index in [0.29, 0.717) is 23.2 Å². The number of benzene rings is 2. The molecule has 0 unspecified atom stereocenters. The second-order valence-corrected chi connectivity index (χ2v) is 6.66. The Balaban J connectivity index is 1.55. The van der Waals surface area contributed by atoms with E-state index < -0.39 is 4.92 Å². The van der Waals surface area contributed by atoms with E-state index in [4.69, 9.17) is 16.0 Å². The van der Waals surface area contributed by atoms with Crippen molar-refractivity contribution in [2.75, 3.05) is 0 Å². The molecule has 0 radical (unpaired) electrons. The van der Waals surface area contributed by atoms with Gasteiger partial charge in [-0.2, -0.15) is 4.57 Å². The topological polar surface area (TPSA) is 73.1 Å². The van der Waals surface area contributed by atoms with Crippen molar-refractivity contribution in [3.8, 4) is 22.8 Å². The van der Waals surface area contributed by atoms with E-state index in [1.165, 1.54) is 12.1 Å². The molecule has 138 valence electrons. The monoisotopic (exact) mass is 392 g/mol. The summed E-state index contributed by atoms with van der Waals surface area (Å²) in [5, 5.41) is 11.4. The first-order valence-corrected chi connectivity index (χ1v) is 8.91. The predicted molar refractivity (Wildman–Crippen MR) is 105 cm³/mol. The summed E-state index contributed by atoms with van der Waals surface area (Å²) < 4.78 is 7.88. The molecular formula is C21H15ClN3O3+. The number of nitrogens with zero attached hydrogens (tertiary/aromatic N) is 3. The third-order valence-electron chi connectivity index (χ3n) is 4.25. The molecule has 2 heterocycles. The predicted octanol–water partition coefficient (Wildman–Crippen LogP) is 4.91. The average Bonchev–Trinajstić information content (AvgIpc) is 3.19. The Morgan fingerprint density at radius 3 is 2.50 bits per heavy atom. The highest BCUT2D eigenvalue weighted by Crippen LogP contribution is 2.26. The van der Waals surface area contributed by atoms with Gasteiger partial charge >= 0.3 is 0 Å². The quantitative estimate of drug-likeness (QED) is 0.275. The van der Waals surface area contributed by atoms with Crippen LogP contribution in [0, 0.1) is 10.1 Å². The third kappa shape index (κ3) is 3.92. The van der Waals surface area contributed by atoms with Crippen LogP contribution in [0.15, 0.2) is 83.7 Å². The van der Waals surface area contributed by atoms with E-state index in [-0.39, 0.29) is 5.69 Å². The highest BCUT2D eigenvalue weighted by molar-refractivity contribution is 6.30. The lowest BCUT2D eigenvalue weighted by molar-refractivity contribution is -0.687. The van der Waals surface area contributed by atoms with Gasteiger partial charge in [-0.3, -0.25) is 10.1 Å². The van der Waals surface area contributed by atoms with Crippen molar-refractivity contribution in [3.05, 3.63) is 100.0 Å². The molecule has 0 spiro atoms. The standard InChI is InChI=1S/C21H15ClN3O3/c22-18-7-5-16(6-8-18)20-12-23-21(28-20)17-2-1-11-24(14-17)13-15-3-9-19(10-4-15)25(26)27/h1-12,14H,13H2/q+1. The van der Waals surface area contributed by atoms with Crippen molar-refractivity contribution in [2.45, 2.75) is 6.54 Å². The number of nitro groups is 1. The van der Waals surface area contributed by atoms with E-state index in [9.17, 15) is 10.1 Å². The minimum absolute atomic E-state index is 0.0806. The Morgan fingerprint density at radius 1 is 1.04 bits per heavy atom. The van der Waals surface area contributed by atoms with Gasteiger partial charge in [0.05, 0.1) is 11.1 Å². The number of nitro benzene ring substituents is 1. The first-order chi connectivity index (χ1) is 13.6. The Bertz CT molecular complexity index is 1120. The van der Waals surface area contributed by atoms with Crippen molar-refractivity contribution < 1.29 is 13.9 Å². The normalized spacial score (nSPS) is 10.8. The summed E-state index contributed by atoms with van der Waals surface area (Å²) >= 11 is 5.93. The van der Waals surface area contributed by atoms with Crippen molar-refractivity contribution >= 4 is 17.3 Å². The molecule has 4 aromatic rings. The molecule has 0 amide bonds. The van der Waals surface area contributed by atoms with Gasteiger partial charge in [0.15, 0.2) is 24.7 Å². The van der Waals surface area contributed by atoms with Gasteiger partial charge in [-0.25, -0.2) is 4.98 Å². The fraction of sp³-hybridized carbons (Fsp3) is 0.0476. The third-order valence-corrected chi connectivity index (χ3v) is 4.50. The zero-order valence-electron chi connectivity index (χ0n) is 14.7. The molecular weight excluding hydrogens is 378 g/mol. The zero-order valence-corrected chi connectivity index (χ0v) is 15.4. The highest BCUT2D eigenvalue weighted by Gasteiger charge is 2.13. The summed E-state index contributed by atoms with van der Waals surface area (Å²) in [5.74, 6) is 1.18. The lowest BCUT2D eigenvalue weighted by Gasteiger charge is -2.00. The minimum Gasteiger partial charge on any atom is -0.436 e. The summed E-state index contributed by atoms with van der Waals surface area (Å²) in [6, 6.07) is 17.7. The van der Waals surface area contributed by atoms with E-state index >= 15 is 0 Å². The van der Waals surface area contributed by atoms with Crippen LogP contribution in [0.4, 0.5) is 5.69 Å². The molecule has 0 atom stereocenters. The molecule has 7 heteroatoms. The van der Waals surface area contributed by atoms with Gasteiger partial charge < -0.3 is 4.42 Å². The molecule has 4 rings (SSSR count). The van der Waals surface area contributed by atoms with Crippen molar-refractivity contribution in [1.82, 2.24) is 4.98 Å². The van der Waals surface area contributed by atoms with Crippen LogP contribution in [-0.4, -0.2) is 9.91 Å². The van der Waals surface area contributed by atoms with Crippen LogP contribution in [-0.2, 0) is 6.54 Å². The second-order valence-electron chi connectivity index (χ2n) is 6.23. The maximum Gasteiger partial charge on any atom is 0.269 e. The van der Waals surface area contributed by atoms with E-state index in [2.05, 4.69) is 4.98 Å². The fourth-order valence-electron chi connectivity index (χ4n) is 2.84. The number of pyridine rings is 1. The summed E-state index contributed by atoms with van der Waals surface area (Å²) in [5.41, 5.74) is 2.78. The van der Waals surface area contributed by atoms with Crippen LogP contribution in [0.2, 0.25) is 5.02 Å². The largest absolute Gasteiger partial charge is 0.436 e. The van der Waals surface area contributed by atoms with Crippen LogP contribution in [0.5, 0.6) is 0 Å². The van der Waals surface area contributed by atoms with Gasteiger partial charge in [-0.15, -0.1) is 0 Å². The molecule has 0 aliphatic rings. The van der Waals surface area contributed by atoms with Crippen LogP contribution in [0.25, 0.3) is 22.8 Å². The number of halogens is 1. The smallest absolute Gasteiger partial charge is 0.269 e. The first-order valence-electron chi connectivity index (χ1n) is 8.53. The number of non-ortho nitro benzene ring substituents is 1. The Kier molecular flexibility index (Phi) is 4.87. The van der Waals surface area contributed by atoms with Crippen LogP contribution < -0.4 is 4.57 Å². The number of hydrogen-bond donors (Lipinski definition) is 0. The van der Waals surface area contributed by atoms with E-state index in [1.807, 2.05) is 41.2 Å². The summed E-state index contributed by atoms with van der Waals surface area (Å²) in [6.07, 6.45) is 5.54. The molecule has 0 fully saturated rings.